The predicted octanol–water partition coefficient (Wildman–Crippen LogP) is 3.79. The largest absolute Gasteiger partial charge is 0.418 e. The average molecular weight is 476 g/mol. The van der Waals surface area contributed by atoms with E-state index in [1.807, 2.05) is 0 Å². The molecule has 170 valence electrons. The molecule has 2 aromatic carbocycles. The molecule has 33 heavy (non-hydrogen) atoms. The van der Waals surface area contributed by atoms with Crippen LogP contribution in [0.25, 0.3) is 0 Å². The quantitative estimate of drug-likeness (QED) is 0.637. The second-order valence-corrected chi connectivity index (χ2v) is 9.28. The Kier molecular flexibility index (Phi) is 4.12. The van der Waals surface area contributed by atoms with Gasteiger partial charge >= 0.3 is 6.18 Å². The molecule has 1 N–H and O–H groups in total. The summed E-state index contributed by atoms with van der Waals surface area (Å²) in [6, 6.07) is 9.41. The van der Waals surface area contributed by atoms with Gasteiger partial charge < -0.3 is 5.32 Å². The molecule has 3 saturated heterocycles. The van der Waals surface area contributed by atoms with E-state index in [0.717, 1.165) is 11.0 Å². The molecule has 0 saturated carbocycles. The fraction of sp³-hybridized carbons (Fsp3) is 0.348. The number of fused-ring (bicyclic) bond motifs is 7. The number of hydrogen-bond donors (Lipinski definition) is 1. The number of amides is 3. The van der Waals surface area contributed by atoms with E-state index in [1.165, 1.54) is 12.1 Å². The van der Waals surface area contributed by atoms with Crippen molar-refractivity contribution >= 4 is 40.7 Å². The summed E-state index contributed by atoms with van der Waals surface area (Å²) in [4.78, 5) is 43.7. The summed E-state index contributed by atoms with van der Waals surface area (Å²) in [7, 11) is 0. The third-order valence-electron chi connectivity index (χ3n) is 7.42. The normalized spacial score (nSPS) is 30.7. The number of nitrogens with zero attached hydrogens (tertiary/aromatic N) is 2. The van der Waals surface area contributed by atoms with Crippen molar-refractivity contribution in [1.29, 1.82) is 0 Å². The number of rotatable bonds is 1. The van der Waals surface area contributed by atoms with Crippen molar-refractivity contribution in [2.24, 2.45) is 11.8 Å². The number of anilines is 2. The molecule has 4 unspecified atom stereocenters. The first-order valence-electron chi connectivity index (χ1n) is 10.6. The first-order valence-corrected chi connectivity index (χ1v) is 11.0. The molecule has 0 aliphatic carbocycles. The molecule has 1 spiro atoms. The summed E-state index contributed by atoms with van der Waals surface area (Å²) in [6.07, 6.45) is -3.42. The van der Waals surface area contributed by atoms with Crippen LogP contribution in [0.1, 0.15) is 24.0 Å². The Morgan fingerprint density at radius 2 is 1.76 bits per heavy atom. The molecule has 4 aliphatic heterocycles. The van der Waals surface area contributed by atoms with E-state index in [1.54, 1.807) is 29.2 Å². The summed E-state index contributed by atoms with van der Waals surface area (Å²) < 4.78 is 41.2. The van der Waals surface area contributed by atoms with Crippen LogP contribution in [0.15, 0.2) is 42.5 Å². The smallest absolute Gasteiger partial charge is 0.323 e. The van der Waals surface area contributed by atoms with E-state index in [-0.39, 0.29) is 11.3 Å². The number of carbonyl (C=O) groups is 3. The minimum absolute atomic E-state index is 0.112. The van der Waals surface area contributed by atoms with Crippen molar-refractivity contribution in [2.45, 2.75) is 30.6 Å². The molecule has 6 nitrogen and oxygen atoms in total. The van der Waals surface area contributed by atoms with Crippen LogP contribution in [0.4, 0.5) is 24.5 Å². The lowest BCUT2D eigenvalue weighted by Crippen LogP contribution is -2.54. The Morgan fingerprint density at radius 3 is 2.45 bits per heavy atom. The van der Waals surface area contributed by atoms with Gasteiger partial charge in [0.25, 0.3) is 0 Å². The third-order valence-corrected chi connectivity index (χ3v) is 7.67. The Hall–Kier alpha value is -2.91. The van der Waals surface area contributed by atoms with Crippen molar-refractivity contribution in [3.05, 3.63) is 58.6 Å². The van der Waals surface area contributed by atoms with E-state index in [9.17, 15) is 27.6 Å². The fourth-order valence-corrected chi connectivity index (χ4v) is 6.44. The van der Waals surface area contributed by atoms with Crippen LogP contribution in [0.2, 0.25) is 5.02 Å². The lowest BCUT2D eigenvalue weighted by atomic mass is 9.75. The number of alkyl halides is 3. The van der Waals surface area contributed by atoms with E-state index in [0.29, 0.717) is 30.1 Å². The molecule has 0 radical (unpaired) electrons. The molecule has 10 heteroatoms. The van der Waals surface area contributed by atoms with E-state index >= 15 is 0 Å². The topological polar surface area (TPSA) is 69.7 Å². The Bertz CT molecular complexity index is 1230. The van der Waals surface area contributed by atoms with Gasteiger partial charge in [-0.3, -0.25) is 19.3 Å². The van der Waals surface area contributed by atoms with Gasteiger partial charge in [-0.05, 0) is 49.7 Å². The van der Waals surface area contributed by atoms with Crippen molar-refractivity contribution in [1.82, 2.24) is 4.90 Å². The lowest BCUT2D eigenvalue weighted by Gasteiger charge is -2.36. The van der Waals surface area contributed by atoms with Crippen molar-refractivity contribution in [3.63, 3.8) is 0 Å². The van der Waals surface area contributed by atoms with E-state index in [2.05, 4.69) is 5.32 Å². The highest BCUT2D eigenvalue weighted by molar-refractivity contribution is 6.31. The van der Waals surface area contributed by atoms with Crippen molar-refractivity contribution in [2.75, 3.05) is 16.8 Å². The van der Waals surface area contributed by atoms with Crippen LogP contribution in [0.3, 0.4) is 0 Å². The number of halogens is 4. The zero-order valence-corrected chi connectivity index (χ0v) is 17.8. The minimum Gasteiger partial charge on any atom is -0.323 e. The molecule has 4 aliphatic rings. The standard InChI is InChI=1S/C23H17ClF3N3O3/c24-11-6-8-12(9-7-11)30-19(31)16-15-5-2-10-29(15)22(17(16)20(30)32)13-3-1-4-14(23(25,26)27)18(13)28-21(22)33/h1,3-4,6-9,15-17H,2,5,10H2,(H,28,33). The highest BCUT2D eigenvalue weighted by Gasteiger charge is 2.75. The highest BCUT2D eigenvalue weighted by Crippen LogP contribution is 2.61. The molecule has 0 bridgehead atoms. The zero-order chi connectivity index (χ0) is 23.3. The number of hydrogen-bond acceptors (Lipinski definition) is 4. The minimum atomic E-state index is -4.68. The van der Waals surface area contributed by atoms with Gasteiger partial charge in [-0.1, -0.05) is 23.7 Å². The highest BCUT2D eigenvalue weighted by atomic mass is 35.5. The van der Waals surface area contributed by atoms with Gasteiger partial charge in [-0.2, -0.15) is 13.2 Å². The Morgan fingerprint density at radius 1 is 1.03 bits per heavy atom. The van der Waals surface area contributed by atoms with Gasteiger partial charge in [0, 0.05) is 16.6 Å². The van der Waals surface area contributed by atoms with Gasteiger partial charge in [0.05, 0.1) is 28.8 Å². The molecule has 0 aromatic heterocycles. The lowest BCUT2D eigenvalue weighted by molar-refractivity contribution is -0.137. The molecule has 3 amide bonds. The molecule has 3 fully saturated rings. The summed E-state index contributed by atoms with van der Waals surface area (Å²) >= 11 is 5.95. The van der Waals surface area contributed by atoms with Gasteiger partial charge in [0.15, 0.2) is 0 Å². The maximum absolute atomic E-state index is 13.8. The van der Waals surface area contributed by atoms with Crippen LogP contribution in [-0.2, 0) is 26.1 Å². The van der Waals surface area contributed by atoms with Gasteiger partial charge in [-0.15, -0.1) is 0 Å². The third kappa shape index (κ3) is 2.46. The van der Waals surface area contributed by atoms with Crippen LogP contribution in [0.5, 0.6) is 0 Å². The van der Waals surface area contributed by atoms with Crippen LogP contribution in [-0.4, -0.2) is 35.2 Å². The van der Waals surface area contributed by atoms with E-state index in [4.69, 9.17) is 11.6 Å². The maximum atomic E-state index is 13.8. The monoisotopic (exact) mass is 475 g/mol. The maximum Gasteiger partial charge on any atom is 0.418 e. The Labute approximate surface area is 191 Å². The number of imide groups is 1. The molecular weight excluding hydrogens is 459 g/mol. The van der Waals surface area contributed by atoms with E-state index < -0.39 is 52.9 Å². The molecular formula is C23H17ClF3N3O3. The van der Waals surface area contributed by atoms with Crippen LogP contribution < -0.4 is 10.2 Å². The molecule has 2 aromatic rings. The number of para-hydroxylation sites is 1. The molecule has 6 rings (SSSR count). The Balaban J connectivity index is 1.56. The number of benzene rings is 2. The summed E-state index contributed by atoms with van der Waals surface area (Å²) in [5, 5.41) is 2.86. The fourth-order valence-electron chi connectivity index (χ4n) is 6.31. The average Bonchev–Trinajstić information content (AvgIpc) is 3.46. The summed E-state index contributed by atoms with van der Waals surface area (Å²) in [5.74, 6) is -3.64. The number of carbonyl (C=O) groups excluding carboxylic acids is 3. The molecule has 4 heterocycles. The van der Waals surface area contributed by atoms with Gasteiger partial charge in [0.2, 0.25) is 17.7 Å². The van der Waals surface area contributed by atoms with Crippen molar-refractivity contribution < 1.29 is 27.6 Å². The number of nitrogens with one attached hydrogen (secondary N) is 1. The summed E-state index contributed by atoms with van der Waals surface area (Å²) in [6.45, 7) is 0.419. The van der Waals surface area contributed by atoms with Gasteiger partial charge in [0.1, 0.15) is 5.54 Å². The second kappa shape index (κ2) is 6.57. The SMILES string of the molecule is O=C1C2C3CCCN3C3(C(=O)Nc4c(C(F)(F)F)cccc43)C2C(=O)N1c1ccc(Cl)cc1. The van der Waals surface area contributed by atoms with Crippen LogP contribution >= 0.6 is 11.6 Å². The van der Waals surface area contributed by atoms with Crippen LogP contribution in [0, 0.1) is 11.8 Å². The molecule has 4 atom stereocenters. The summed E-state index contributed by atoms with van der Waals surface area (Å²) in [5.41, 5.74) is -2.51. The predicted molar refractivity (Wildman–Crippen MR) is 112 cm³/mol. The van der Waals surface area contributed by atoms with Crippen molar-refractivity contribution in [3.8, 4) is 0 Å². The first kappa shape index (κ1) is 20.7. The zero-order valence-electron chi connectivity index (χ0n) is 17.0. The first-order chi connectivity index (χ1) is 15.7. The van der Waals surface area contributed by atoms with Gasteiger partial charge in [-0.25, -0.2) is 4.90 Å². The second-order valence-electron chi connectivity index (χ2n) is 8.84.